The van der Waals surface area contributed by atoms with E-state index in [1.54, 1.807) is 0 Å². The van der Waals surface area contributed by atoms with Crippen molar-refractivity contribution in [2.75, 3.05) is 6.54 Å². The topological polar surface area (TPSA) is 21.6 Å². The zero-order valence-corrected chi connectivity index (χ0v) is 26.5. The smallest absolute Gasteiger partial charge is 0.166 e. The number of hydrogen-bond acceptors (Lipinski definition) is 3. The lowest BCUT2D eigenvalue weighted by molar-refractivity contribution is 0.325. The second-order valence-electron chi connectivity index (χ2n) is 11.2. The van der Waals surface area contributed by atoms with Gasteiger partial charge in [-0.05, 0) is 90.1 Å². The molecule has 5 rings (SSSR count). The van der Waals surface area contributed by atoms with E-state index in [4.69, 9.17) is 22.4 Å². The molecule has 2 nitrogen and oxygen atoms in total. The van der Waals surface area contributed by atoms with Gasteiger partial charge in [-0.1, -0.05) is 111 Å². The first-order chi connectivity index (χ1) is 20.9. The number of ether oxygens (including phenoxy) is 1. The summed E-state index contributed by atoms with van der Waals surface area (Å²) < 4.78 is 6.50. The normalized spacial score (nSPS) is 18.7. The number of rotatable bonds is 9. The van der Waals surface area contributed by atoms with Gasteiger partial charge in [0.1, 0.15) is 11.5 Å². The van der Waals surface area contributed by atoms with Gasteiger partial charge < -0.3 is 4.74 Å². The average molecular weight is 584 g/mol. The molecule has 3 aliphatic rings. The van der Waals surface area contributed by atoms with Gasteiger partial charge in [0.25, 0.3) is 0 Å². The van der Waals surface area contributed by atoms with E-state index in [2.05, 4.69) is 113 Å². The summed E-state index contributed by atoms with van der Waals surface area (Å²) in [4.78, 5) is 5.88. The molecule has 0 bridgehead atoms. The monoisotopic (exact) mass is 583 g/mol. The van der Waals surface area contributed by atoms with E-state index in [0.717, 1.165) is 82.1 Å². The Morgan fingerprint density at radius 2 is 1.84 bits per heavy atom. The fourth-order valence-electron chi connectivity index (χ4n) is 5.60. The van der Waals surface area contributed by atoms with Crippen LogP contribution in [0.2, 0.25) is 0 Å². The number of thiol groups is 1. The third kappa shape index (κ3) is 6.78. The van der Waals surface area contributed by atoms with E-state index in [1.807, 2.05) is 12.2 Å². The Morgan fingerprint density at radius 3 is 2.60 bits per heavy atom. The molecular formula is C40H41NOS. The molecule has 43 heavy (non-hydrogen) atoms. The van der Waals surface area contributed by atoms with Gasteiger partial charge in [0, 0.05) is 12.0 Å². The Kier molecular flexibility index (Phi) is 9.84. The molecule has 0 radical (unpaired) electrons. The highest BCUT2D eigenvalue weighted by molar-refractivity contribution is 7.90. The first kappa shape index (κ1) is 30.4. The number of aliphatic imine (C=N–C) groups is 1. The van der Waals surface area contributed by atoms with Gasteiger partial charge in [0.15, 0.2) is 5.76 Å². The molecule has 0 amide bonds. The fraction of sp³-hybridized carbons (Fsp3) is 0.225. The minimum absolute atomic E-state index is 0.632. The highest BCUT2D eigenvalue weighted by Gasteiger charge is 2.30. The molecule has 0 N–H and O–H groups in total. The lowest BCUT2D eigenvalue weighted by Gasteiger charge is -2.17. The Labute approximate surface area is 263 Å². The van der Waals surface area contributed by atoms with E-state index >= 15 is 0 Å². The lowest BCUT2D eigenvalue weighted by atomic mass is 9.88. The van der Waals surface area contributed by atoms with Crippen LogP contribution in [0.4, 0.5) is 0 Å². The van der Waals surface area contributed by atoms with Gasteiger partial charge in [-0.25, -0.2) is 0 Å². The maximum Gasteiger partial charge on any atom is 0.166 e. The van der Waals surface area contributed by atoms with Crippen molar-refractivity contribution in [2.45, 2.75) is 52.9 Å². The SMILES string of the molecule is C=C/C=C\c1ccc(/C(=C\C(=C)CC)c2cccc(/C(S)=C3\OC4=C(C=CCC4)\C3=N\CC3=CCCC=C3)c2)c(C)c1C. The highest BCUT2D eigenvalue weighted by Crippen LogP contribution is 2.39. The molecule has 0 saturated heterocycles. The molecular weight excluding hydrogens is 543 g/mol. The van der Waals surface area contributed by atoms with Crippen LogP contribution in [0.25, 0.3) is 16.6 Å². The van der Waals surface area contributed by atoms with E-state index in [-0.39, 0.29) is 0 Å². The molecule has 0 saturated carbocycles. The van der Waals surface area contributed by atoms with Crippen LogP contribution in [0.5, 0.6) is 0 Å². The van der Waals surface area contributed by atoms with Crippen molar-refractivity contribution in [1.82, 2.24) is 0 Å². The van der Waals surface area contributed by atoms with Crippen LogP contribution in [-0.2, 0) is 4.74 Å². The summed E-state index contributed by atoms with van der Waals surface area (Å²) in [7, 11) is 0. The standard InChI is InChI=1S/C40H41NOS/c1-6-8-17-31-22-23-34(29(5)28(31)4)36(24-27(3)7-2)32-18-14-19-33(25-32)40(43)39-38(35-20-12-13-21-37(35)42-39)41-26-30-15-10-9-11-16-30/h6,8,10,12,14-20,22-25,43H,1,3,7,9,11,13,21,26H2,2,4-5H3/b17-8-,36-24-,40-39+,41-38-. The van der Waals surface area contributed by atoms with Gasteiger partial charge in [-0.15, -0.1) is 12.6 Å². The second kappa shape index (κ2) is 13.9. The van der Waals surface area contributed by atoms with E-state index in [1.165, 1.54) is 27.8 Å². The molecule has 0 fully saturated rings. The third-order valence-corrected chi connectivity index (χ3v) is 8.77. The first-order valence-corrected chi connectivity index (χ1v) is 15.7. The minimum atomic E-state index is 0.632. The van der Waals surface area contributed by atoms with Crippen molar-refractivity contribution in [1.29, 1.82) is 0 Å². The van der Waals surface area contributed by atoms with Crippen LogP contribution in [0.3, 0.4) is 0 Å². The minimum Gasteiger partial charge on any atom is -0.458 e. The Balaban J connectivity index is 1.58. The summed E-state index contributed by atoms with van der Waals surface area (Å²) in [6, 6.07) is 13.0. The summed E-state index contributed by atoms with van der Waals surface area (Å²) in [5.41, 5.74) is 12.5. The Morgan fingerprint density at radius 1 is 1.02 bits per heavy atom. The van der Waals surface area contributed by atoms with Gasteiger partial charge in [-0.2, -0.15) is 0 Å². The molecule has 1 heterocycles. The van der Waals surface area contributed by atoms with Crippen molar-refractivity contribution in [3.05, 3.63) is 160 Å². The summed E-state index contributed by atoms with van der Waals surface area (Å²) in [6.45, 7) is 15.3. The van der Waals surface area contributed by atoms with Crippen molar-refractivity contribution < 1.29 is 4.74 Å². The number of nitrogens with zero attached hydrogens (tertiary/aromatic N) is 1. The maximum absolute atomic E-state index is 6.50. The zero-order chi connectivity index (χ0) is 30.3. The molecule has 2 aromatic rings. The van der Waals surface area contributed by atoms with Gasteiger partial charge >= 0.3 is 0 Å². The summed E-state index contributed by atoms with van der Waals surface area (Å²) >= 11 is 5.09. The average Bonchev–Trinajstić information content (AvgIpc) is 3.42. The summed E-state index contributed by atoms with van der Waals surface area (Å²) in [5.74, 6) is 1.73. The number of allylic oxidation sites excluding steroid dienone is 10. The molecule has 1 aliphatic heterocycles. The van der Waals surface area contributed by atoms with Crippen LogP contribution in [-0.4, -0.2) is 12.3 Å². The quantitative estimate of drug-likeness (QED) is 0.230. The van der Waals surface area contributed by atoms with E-state index < -0.39 is 0 Å². The van der Waals surface area contributed by atoms with E-state index in [9.17, 15) is 0 Å². The zero-order valence-electron chi connectivity index (χ0n) is 25.6. The third-order valence-electron chi connectivity index (χ3n) is 8.31. The molecule has 2 aromatic carbocycles. The van der Waals surface area contributed by atoms with Crippen LogP contribution in [0.1, 0.15) is 72.4 Å². The van der Waals surface area contributed by atoms with Gasteiger partial charge in [0.2, 0.25) is 0 Å². The van der Waals surface area contributed by atoms with Crippen molar-refractivity contribution in [2.24, 2.45) is 4.99 Å². The fourth-order valence-corrected chi connectivity index (χ4v) is 5.89. The Bertz CT molecular complexity index is 1700. The predicted octanol–water partition coefficient (Wildman–Crippen LogP) is 10.9. The summed E-state index contributed by atoms with van der Waals surface area (Å²) in [5, 5.41) is 0. The highest BCUT2D eigenvalue weighted by atomic mass is 32.1. The Hall–Kier alpha value is -4.08. The summed E-state index contributed by atoms with van der Waals surface area (Å²) in [6.07, 6.45) is 24.1. The van der Waals surface area contributed by atoms with Gasteiger partial charge in [0.05, 0.1) is 11.4 Å². The maximum atomic E-state index is 6.50. The molecule has 0 unspecified atom stereocenters. The molecule has 218 valence electrons. The van der Waals surface area contributed by atoms with Crippen LogP contribution >= 0.6 is 12.6 Å². The molecule has 0 spiro atoms. The molecule has 3 heteroatoms. The molecule has 0 atom stereocenters. The van der Waals surface area contributed by atoms with Crippen LogP contribution in [0.15, 0.2) is 131 Å². The van der Waals surface area contributed by atoms with Gasteiger partial charge in [-0.3, -0.25) is 4.99 Å². The van der Waals surface area contributed by atoms with Crippen molar-refractivity contribution in [3.8, 4) is 0 Å². The first-order valence-electron chi connectivity index (χ1n) is 15.2. The van der Waals surface area contributed by atoms with Crippen molar-refractivity contribution in [3.63, 3.8) is 0 Å². The predicted molar refractivity (Wildman–Crippen MR) is 189 cm³/mol. The molecule has 2 aliphatic carbocycles. The van der Waals surface area contributed by atoms with Crippen molar-refractivity contribution >= 4 is 34.9 Å². The number of benzene rings is 2. The lowest BCUT2D eigenvalue weighted by Crippen LogP contribution is -2.05. The number of hydrogen-bond donors (Lipinski definition) is 1. The van der Waals surface area contributed by atoms with E-state index in [0.29, 0.717) is 6.54 Å². The second-order valence-corrected chi connectivity index (χ2v) is 11.6. The molecule has 0 aromatic heterocycles. The van der Waals surface area contributed by atoms with Crippen LogP contribution < -0.4 is 0 Å². The largest absolute Gasteiger partial charge is 0.458 e. The van der Waals surface area contributed by atoms with Crippen LogP contribution in [0, 0.1) is 13.8 Å².